The van der Waals surface area contributed by atoms with E-state index in [4.69, 9.17) is 9.47 Å². The van der Waals surface area contributed by atoms with E-state index in [1.165, 1.54) is 17.9 Å². The SMILES string of the molecule is C=CCN(C(=O)C(C)NC(=O)OCc1ccccc1)[C@@H](C)C(=O)OCc1ccccc1. The van der Waals surface area contributed by atoms with Crippen LogP contribution in [0.1, 0.15) is 25.0 Å². The Bertz CT molecular complexity index is 870. The Morgan fingerprint density at radius 2 is 1.45 bits per heavy atom. The van der Waals surface area contributed by atoms with Crippen molar-refractivity contribution < 1.29 is 23.9 Å². The largest absolute Gasteiger partial charge is 0.459 e. The minimum absolute atomic E-state index is 0.0895. The summed E-state index contributed by atoms with van der Waals surface area (Å²) >= 11 is 0. The van der Waals surface area contributed by atoms with Gasteiger partial charge in [0, 0.05) is 6.54 Å². The van der Waals surface area contributed by atoms with Crippen molar-refractivity contribution in [2.45, 2.75) is 39.1 Å². The van der Waals surface area contributed by atoms with Gasteiger partial charge in [0.2, 0.25) is 5.91 Å². The fraction of sp³-hybridized carbons (Fsp3) is 0.292. The molecule has 0 aromatic heterocycles. The van der Waals surface area contributed by atoms with E-state index in [-0.39, 0.29) is 19.8 Å². The first-order valence-corrected chi connectivity index (χ1v) is 10.0. The first kappa shape index (κ1) is 23.7. The van der Waals surface area contributed by atoms with Crippen LogP contribution in [0.4, 0.5) is 4.79 Å². The third-order valence-electron chi connectivity index (χ3n) is 4.56. The maximum atomic E-state index is 12.9. The zero-order valence-electron chi connectivity index (χ0n) is 17.8. The highest BCUT2D eigenvalue weighted by molar-refractivity contribution is 5.89. The van der Waals surface area contributed by atoms with Gasteiger partial charge in [-0.1, -0.05) is 66.7 Å². The van der Waals surface area contributed by atoms with E-state index >= 15 is 0 Å². The molecule has 2 amide bonds. The lowest BCUT2D eigenvalue weighted by atomic mass is 10.2. The van der Waals surface area contributed by atoms with E-state index < -0.39 is 30.1 Å². The molecule has 164 valence electrons. The zero-order chi connectivity index (χ0) is 22.6. The molecule has 0 aliphatic heterocycles. The Kier molecular flexibility index (Phi) is 9.29. The second-order valence-corrected chi connectivity index (χ2v) is 6.98. The lowest BCUT2D eigenvalue weighted by molar-refractivity contribution is -0.155. The molecule has 0 heterocycles. The molecule has 0 bridgehead atoms. The van der Waals surface area contributed by atoms with Gasteiger partial charge in [-0.25, -0.2) is 9.59 Å². The van der Waals surface area contributed by atoms with Crippen molar-refractivity contribution in [1.29, 1.82) is 0 Å². The Morgan fingerprint density at radius 3 is 1.97 bits per heavy atom. The second-order valence-electron chi connectivity index (χ2n) is 6.98. The van der Waals surface area contributed by atoms with Crippen LogP contribution in [0.2, 0.25) is 0 Å². The summed E-state index contributed by atoms with van der Waals surface area (Å²) in [6, 6.07) is 16.7. The molecule has 0 aliphatic rings. The van der Waals surface area contributed by atoms with Gasteiger partial charge in [-0.3, -0.25) is 4.79 Å². The lowest BCUT2D eigenvalue weighted by Crippen LogP contribution is -2.52. The predicted molar refractivity (Wildman–Crippen MR) is 117 cm³/mol. The van der Waals surface area contributed by atoms with Crippen molar-refractivity contribution in [1.82, 2.24) is 10.2 Å². The van der Waals surface area contributed by atoms with Crippen LogP contribution in [-0.2, 0) is 32.3 Å². The first-order valence-electron chi connectivity index (χ1n) is 10.0. The molecule has 2 atom stereocenters. The number of carbonyl (C=O) groups is 3. The van der Waals surface area contributed by atoms with Gasteiger partial charge in [0.25, 0.3) is 0 Å². The summed E-state index contributed by atoms with van der Waals surface area (Å²) in [5.74, 6) is -0.987. The van der Waals surface area contributed by atoms with Crippen LogP contribution in [0.3, 0.4) is 0 Å². The van der Waals surface area contributed by atoms with Crippen LogP contribution in [0.5, 0.6) is 0 Å². The number of rotatable bonds is 10. The van der Waals surface area contributed by atoms with Crippen molar-refractivity contribution >= 4 is 18.0 Å². The van der Waals surface area contributed by atoms with Gasteiger partial charge in [-0.15, -0.1) is 6.58 Å². The van der Waals surface area contributed by atoms with Crippen LogP contribution in [0.25, 0.3) is 0 Å². The molecule has 2 aromatic carbocycles. The van der Waals surface area contributed by atoms with Crippen LogP contribution < -0.4 is 5.32 Å². The number of nitrogens with one attached hydrogen (secondary N) is 1. The number of alkyl carbamates (subject to hydrolysis) is 1. The molecule has 31 heavy (non-hydrogen) atoms. The monoisotopic (exact) mass is 424 g/mol. The minimum Gasteiger partial charge on any atom is -0.459 e. The molecule has 0 spiro atoms. The zero-order valence-corrected chi connectivity index (χ0v) is 17.8. The fourth-order valence-electron chi connectivity index (χ4n) is 2.81. The van der Waals surface area contributed by atoms with Crippen LogP contribution in [0.15, 0.2) is 73.3 Å². The lowest BCUT2D eigenvalue weighted by Gasteiger charge is -2.29. The third-order valence-corrected chi connectivity index (χ3v) is 4.56. The van der Waals surface area contributed by atoms with Gasteiger partial charge in [0.15, 0.2) is 0 Å². The summed E-state index contributed by atoms with van der Waals surface area (Å²) in [4.78, 5) is 38.7. The standard InChI is InChI=1S/C24H28N2O5/c1-4-15-26(19(3)23(28)30-16-20-11-7-5-8-12-20)22(27)18(2)25-24(29)31-17-21-13-9-6-10-14-21/h4-14,18-19H,1,15-17H2,2-3H3,(H,25,29)/t18?,19-/m0/s1. The Hall–Kier alpha value is -3.61. The van der Waals surface area contributed by atoms with Gasteiger partial charge < -0.3 is 19.7 Å². The topological polar surface area (TPSA) is 84.9 Å². The summed E-state index contributed by atoms with van der Waals surface area (Å²) in [7, 11) is 0. The number of carbonyl (C=O) groups excluding carboxylic acids is 3. The maximum absolute atomic E-state index is 12.9. The number of hydrogen-bond acceptors (Lipinski definition) is 5. The smallest absolute Gasteiger partial charge is 0.408 e. The van der Waals surface area contributed by atoms with Gasteiger partial charge in [0.1, 0.15) is 25.3 Å². The normalized spacial score (nSPS) is 12.2. The summed E-state index contributed by atoms with van der Waals surface area (Å²) in [6.45, 7) is 7.08. The third kappa shape index (κ3) is 7.62. The summed E-state index contributed by atoms with van der Waals surface area (Å²) < 4.78 is 10.5. The van der Waals surface area contributed by atoms with Crippen molar-refractivity contribution in [2.24, 2.45) is 0 Å². The first-order chi connectivity index (χ1) is 14.9. The fourth-order valence-corrected chi connectivity index (χ4v) is 2.81. The average molecular weight is 424 g/mol. The highest BCUT2D eigenvalue weighted by atomic mass is 16.5. The van der Waals surface area contributed by atoms with Crippen LogP contribution in [0, 0.1) is 0 Å². The number of nitrogens with zero attached hydrogens (tertiary/aromatic N) is 1. The number of hydrogen-bond donors (Lipinski definition) is 1. The molecule has 0 saturated carbocycles. The van der Waals surface area contributed by atoms with Crippen molar-refractivity contribution in [3.8, 4) is 0 Å². The molecule has 0 fully saturated rings. The second kappa shape index (κ2) is 12.2. The number of ether oxygens (including phenoxy) is 2. The number of esters is 1. The molecule has 1 unspecified atom stereocenters. The molecule has 0 aliphatic carbocycles. The highest BCUT2D eigenvalue weighted by Crippen LogP contribution is 2.09. The molecular weight excluding hydrogens is 396 g/mol. The Morgan fingerprint density at radius 1 is 0.935 bits per heavy atom. The molecule has 0 radical (unpaired) electrons. The molecule has 0 saturated heterocycles. The van der Waals surface area contributed by atoms with Crippen molar-refractivity contribution in [3.63, 3.8) is 0 Å². The molecule has 7 heteroatoms. The average Bonchev–Trinajstić information content (AvgIpc) is 2.80. The van der Waals surface area contributed by atoms with Crippen molar-refractivity contribution in [2.75, 3.05) is 6.54 Å². The maximum Gasteiger partial charge on any atom is 0.408 e. The Balaban J connectivity index is 1.90. The van der Waals surface area contributed by atoms with Gasteiger partial charge in [0.05, 0.1) is 0 Å². The van der Waals surface area contributed by atoms with E-state index in [1.807, 2.05) is 60.7 Å². The van der Waals surface area contributed by atoms with E-state index in [9.17, 15) is 14.4 Å². The van der Waals surface area contributed by atoms with E-state index in [0.717, 1.165) is 11.1 Å². The predicted octanol–water partition coefficient (Wildman–Crippen LogP) is 3.45. The molecule has 2 aromatic rings. The quantitative estimate of drug-likeness (QED) is 0.466. The number of benzene rings is 2. The summed E-state index contributed by atoms with van der Waals surface area (Å²) in [5, 5.41) is 2.50. The summed E-state index contributed by atoms with van der Waals surface area (Å²) in [5.41, 5.74) is 1.68. The highest BCUT2D eigenvalue weighted by Gasteiger charge is 2.30. The van der Waals surface area contributed by atoms with Crippen molar-refractivity contribution in [3.05, 3.63) is 84.4 Å². The van der Waals surface area contributed by atoms with Crippen LogP contribution in [-0.4, -0.2) is 41.5 Å². The van der Waals surface area contributed by atoms with Gasteiger partial charge >= 0.3 is 12.1 Å². The Labute approximate surface area is 182 Å². The van der Waals surface area contributed by atoms with E-state index in [2.05, 4.69) is 11.9 Å². The van der Waals surface area contributed by atoms with E-state index in [0.29, 0.717) is 0 Å². The summed E-state index contributed by atoms with van der Waals surface area (Å²) in [6.07, 6.45) is 0.793. The molecular formula is C24H28N2O5. The van der Waals surface area contributed by atoms with Gasteiger partial charge in [-0.05, 0) is 25.0 Å². The molecule has 1 N–H and O–H groups in total. The molecule has 7 nitrogen and oxygen atoms in total. The minimum atomic E-state index is -0.896. The molecule has 2 rings (SSSR count). The number of amides is 2. The van der Waals surface area contributed by atoms with Crippen LogP contribution >= 0.6 is 0 Å². The van der Waals surface area contributed by atoms with E-state index in [1.54, 1.807) is 6.92 Å². The van der Waals surface area contributed by atoms with Gasteiger partial charge in [-0.2, -0.15) is 0 Å².